The predicted molar refractivity (Wildman–Crippen MR) is 88.1 cm³/mol. The summed E-state index contributed by atoms with van der Waals surface area (Å²) in [4.78, 5) is 4.50. The lowest BCUT2D eigenvalue weighted by Gasteiger charge is -2.15. The van der Waals surface area contributed by atoms with Crippen molar-refractivity contribution in [1.82, 2.24) is 10.3 Å². The second-order valence-corrected chi connectivity index (χ2v) is 5.93. The van der Waals surface area contributed by atoms with Crippen LogP contribution in [0.5, 0.6) is 0 Å². The first kappa shape index (κ1) is 17.2. The second-order valence-electron chi connectivity index (χ2n) is 5.93. The van der Waals surface area contributed by atoms with Crippen LogP contribution in [-0.4, -0.2) is 18.1 Å². The van der Waals surface area contributed by atoms with E-state index in [-0.39, 0.29) is 0 Å². The molecule has 0 saturated carbocycles. The first-order valence-corrected chi connectivity index (χ1v) is 8.35. The maximum atomic E-state index is 4.50. The quantitative estimate of drug-likeness (QED) is 0.595. The highest BCUT2D eigenvalue weighted by Gasteiger charge is 2.07. The minimum atomic E-state index is 0.570. The van der Waals surface area contributed by atoms with Gasteiger partial charge in [-0.3, -0.25) is 4.98 Å². The Balaban J connectivity index is 2.14. The van der Waals surface area contributed by atoms with Crippen LogP contribution < -0.4 is 5.32 Å². The Labute approximate surface area is 125 Å². The molecule has 0 aliphatic rings. The first-order valence-electron chi connectivity index (χ1n) is 8.35. The van der Waals surface area contributed by atoms with Crippen LogP contribution in [0.15, 0.2) is 18.3 Å². The molecule has 0 spiro atoms. The monoisotopic (exact) mass is 276 g/mol. The van der Waals surface area contributed by atoms with Crippen LogP contribution in [0.4, 0.5) is 0 Å². The normalized spacial score (nSPS) is 12.6. The molecule has 0 radical (unpaired) electrons. The van der Waals surface area contributed by atoms with E-state index in [0.29, 0.717) is 6.04 Å². The molecule has 0 aliphatic heterocycles. The Morgan fingerprint density at radius 2 is 1.75 bits per heavy atom. The van der Waals surface area contributed by atoms with Gasteiger partial charge < -0.3 is 5.32 Å². The molecule has 0 amide bonds. The summed E-state index contributed by atoms with van der Waals surface area (Å²) in [6, 6.07) is 4.88. The van der Waals surface area contributed by atoms with Gasteiger partial charge >= 0.3 is 0 Å². The van der Waals surface area contributed by atoms with Gasteiger partial charge in [0.05, 0.1) is 0 Å². The van der Waals surface area contributed by atoms with Crippen LogP contribution in [0.2, 0.25) is 0 Å². The number of nitrogens with one attached hydrogen (secondary N) is 1. The van der Waals surface area contributed by atoms with Crippen molar-refractivity contribution >= 4 is 0 Å². The first-order chi connectivity index (χ1) is 9.76. The van der Waals surface area contributed by atoms with Crippen molar-refractivity contribution < 1.29 is 0 Å². The molecule has 1 heterocycles. The van der Waals surface area contributed by atoms with Crippen LogP contribution in [0.3, 0.4) is 0 Å². The standard InChI is InChI=1S/C18H32N2/c1-4-5-6-7-8-9-10-11-17(19-3)14-18-13-12-16(2)15-20-18/h12-13,15,17,19H,4-11,14H2,1-3H3. The van der Waals surface area contributed by atoms with Crippen molar-refractivity contribution in [2.75, 3.05) is 7.05 Å². The highest BCUT2D eigenvalue weighted by molar-refractivity contribution is 5.13. The molecule has 0 bridgehead atoms. The van der Waals surface area contributed by atoms with Gasteiger partial charge in [-0.15, -0.1) is 0 Å². The summed E-state index contributed by atoms with van der Waals surface area (Å²) in [6.45, 7) is 4.36. The highest BCUT2D eigenvalue weighted by Crippen LogP contribution is 2.12. The number of aromatic nitrogens is 1. The molecule has 0 aromatic carbocycles. The molecule has 1 aromatic rings. The molecule has 1 N–H and O–H groups in total. The van der Waals surface area contributed by atoms with Gasteiger partial charge in [0.2, 0.25) is 0 Å². The average molecular weight is 276 g/mol. The van der Waals surface area contributed by atoms with E-state index < -0.39 is 0 Å². The third-order valence-corrected chi connectivity index (χ3v) is 3.99. The Hall–Kier alpha value is -0.890. The predicted octanol–water partition coefficient (Wildman–Crippen LogP) is 4.66. The molecule has 1 rings (SSSR count). The SMILES string of the molecule is CCCCCCCCCC(Cc1ccc(C)cn1)NC. The number of nitrogens with zero attached hydrogens (tertiary/aromatic N) is 1. The van der Waals surface area contributed by atoms with E-state index in [0.717, 1.165) is 6.42 Å². The smallest absolute Gasteiger partial charge is 0.0419 e. The van der Waals surface area contributed by atoms with Gasteiger partial charge in [0, 0.05) is 24.4 Å². The van der Waals surface area contributed by atoms with E-state index in [4.69, 9.17) is 0 Å². The number of hydrogen-bond acceptors (Lipinski definition) is 2. The molecule has 2 nitrogen and oxygen atoms in total. The third-order valence-electron chi connectivity index (χ3n) is 3.99. The molecular weight excluding hydrogens is 244 g/mol. The maximum Gasteiger partial charge on any atom is 0.0419 e. The minimum absolute atomic E-state index is 0.570. The van der Waals surface area contributed by atoms with Crippen molar-refractivity contribution in [3.8, 4) is 0 Å². The van der Waals surface area contributed by atoms with Crippen LogP contribution in [0.25, 0.3) is 0 Å². The highest BCUT2D eigenvalue weighted by atomic mass is 14.9. The lowest BCUT2D eigenvalue weighted by Crippen LogP contribution is -2.27. The van der Waals surface area contributed by atoms with Gasteiger partial charge in [-0.05, 0) is 32.0 Å². The number of hydrogen-bond donors (Lipinski definition) is 1. The van der Waals surface area contributed by atoms with E-state index in [1.165, 1.54) is 62.6 Å². The van der Waals surface area contributed by atoms with Crippen molar-refractivity contribution in [1.29, 1.82) is 0 Å². The van der Waals surface area contributed by atoms with Crippen LogP contribution >= 0.6 is 0 Å². The number of rotatable bonds is 11. The average Bonchev–Trinajstić information content (AvgIpc) is 2.47. The van der Waals surface area contributed by atoms with Gasteiger partial charge in [-0.2, -0.15) is 0 Å². The number of unbranched alkanes of at least 4 members (excludes halogenated alkanes) is 6. The van der Waals surface area contributed by atoms with E-state index in [2.05, 4.69) is 43.3 Å². The van der Waals surface area contributed by atoms with Crippen molar-refractivity contribution in [2.24, 2.45) is 0 Å². The Morgan fingerprint density at radius 1 is 1.05 bits per heavy atom. The summed E-state index contributed by atoms with van der Waals surface area (Å²) in [5.41, 5.74) is 2.44. The van der Waals surface area contributed by atoms with E-state index in [1.807, 2.05) is 6.20 Å². The topological polar surface area (TPSA) is 24.9 Å². The maximum absolute atomic E-state index is 4.50. The van der Waals surface area contributed by atoms with E-state index >= 15 is 0 Å². The number of aryl methyl sites for hydroxylation is 1. The lowest BCUT2D eigenvalue weighted by molar-refractivity contribution is 0.475. The molecule has 1 atom stereocenters. The zero-order chi connectivity index (χ0) is 14.6. The summed E-state index contributed by atoms with van der Waals surface area (Å²) in [7, 11) is 2.07. The van der Waals surface area contributed by atoms with Crippen LogP contribution in [-0.2, 0) is 6.42 Å². The molecule has 2 heteroatoms. The Bertz CT molecular complexity index is 332. The fourth-order valence-corrected chi connectivity index (χ4v) is 2.57. The summed E-state index contributed by atoms with van der Waals surface area (Å²) in [5, 5.41) is 3.44. The summed E-state index contributed by atoms with van der Waals surface area (Å²) >= 11 is 0. The van der Waals surface area contributed by atoms with Crippen LogP contribution in [0, 0.1) is 6.92 Å². The Kier molecular flexibility index (Phi) is 9.31. The molecule has 1 aromatic heterocycles. The van der Waals surface area contributed by atoms with Crippen molar-refractivity contribution in [3.05, 3.63) is 29.6 Å². The molecule has 1 unspecified atom stereocenters. The number of likely N-dealkylation sites (N-methyl/N-ethyl adjacent to an activating group) is 1. The van der Waals surface area contributed by atoms with Crippen LogP contribution in [0.1, 0.15) is 69.5 Å². The van der Waals surface area contributed by atoms with Gasteiger partial charge in [-0.25, -0.2) is 0 Å². The summed E-state index contributed by atoms with van der Waals surface area (Å²) in [5.74, 6) is 0. The molecular formula is C18H32N2. The molecule has 20 heavy (non-hydrogen) atoms. The lowest BCUT2D eigenvalue weighted by atomic mass is 10.0. The zero-order valence-corrected chi connectivity index (χ0v) is 13.6. The second kappa shape index (κ2) is 10.8. The summed E-state index contributed by atoms with van der Waals surface area (Å²) < 4.78 is 0. The molecule has 114 valence electrons. The largest absolute Gasteiger partial charge is 0.317 e. The van der Waals surface area contributed by atoms with Crippen molar-refractivity contribution in [3.63, 3.8) is 0 Å². The van der Waals surface area contributed by atoms with Gasteiger partial charge in [0.15, 0.2) is 0 Å². The fraction of sp³-hybridized carbons (Fsp3) is 0.722. The van der Waals surface area contributed by atoms with E-state index in [9.17, 15) is 0 Å². The molecule has 0 saturated heterocycles. The zero-order valence-electron chi connectivity index (χ0n) is 13.6. The molecule has 0 aliphatic carbocycles. The Morgan fingerprint density at radius 3 is 2.35 bits per heavy atom. The number of pyridine rings is 1. The summed E-state index contributed by atoms with van der Waals surface area (Å²) in [6.07, 6.45) is 14.0. The van der Waals surface area contributed by atoms with Gasteiger partial charge in [0.1, 0.15) is 0 Å². The minimum Gasteiger partial charge on any atom is -0.317 e. The van der Waals surface area contributed by atoms with Gasteiger partial charge in [0.25, 0.3) is 0 Å². The fourth-order valence-electron chi connectivity index (χ4n) is 2.57. The third kappa shape index (κ3) is 7.64. The van der Waals surface area contributed by atoms with Crippen molar-refractivity contribution in [2.45, 2.75) is 77.7 Å². The van der Waals surface area contributed by atoms with E-state index in [1.54, 1.807) is 0 Å². The molecule has 0 fully saturated rings. The van der Waals surface area contributed by atoms with Gasteiger partial charge in [-0.1, -0.05) is 57.9 Å².